The minimum atomic E-state index is -0.747. The Balaban J connectivity index is 1.78. The van der Waals surface area contributed by atoms with Crippen LogP contribution in [-0.2, 0) is 4.79 Å². The molecule has 2 heterocycles. The topological polar surface area (TPSA) is 52.6 Å². The number of likely N-dealkylation sites (tertiary alicyclic amines) is 1. The molecule has 0 aromatic carbocycles. The Bertz CT molecular complexity index is 414. The number of thioether (sulfide) groups is 1. The van der Waals surface area contributed by atoms with Crippen molar-refractivity contribution in [3.8, 4) is 0 Å². The van der Waals surface area contributed by atoms with Gasteiger partial charge in [0.2, 0.25) is 0 Å². The van der Waals surface area contributed by atoms with Gasteiger partial charge in [0.15, 0.2) is 0 Å². The van der Waals surface area contributed by atoms with E-state index in [0.29, 0.717) is 6.54 Å². The standard InChI is InChI=1S/C16H29N3O2S/c1-4-22-13-8-5-6-9-18(12-13)10-7-11-19-14(20)16(2,3)17-15(19)21/h13H,4-12H2,1-3H3,(H,17,21). The zero-order chi connectivity index (χ0) is 16.2. The fourth-order valence-corrected chi connectivity index (χ4v) is 4.35. The van der Waals surface area contributed by atoms with Gasteiger partial charge in [-0.3, -0.25) is 9.69 Å². The second-order valence-electron chi connectivity index (χ2n) is 6.74. The number of hydrogen-bond acceptors (Lipinski definition) is 4. The van der Waals surface area contributed by atoms with Gasteiger partial charge in [0.1, 0.15) is 5.54 Å². The van der Waals surface area contributed by atoms with Crippen molar-refractivity contribution in [3.63, 3.8) is 0 Å². The third-order valence-electron chi connectivity index (χ3n) is 4.42. The SMILES string of the molecule is CCSC1CCCCN(CCCN2C(=O)NC(C)(C)C2=O)C1. The van der Waals surface area contributed by atoms with Crippen molar-refractivity contribution in [1.29, 1.82) is 0 Å². The number of nitrogens with one attached hydrogen (secondary N) is 1. The highest BCUT2D eigenvalue weighted by Crippen LogP contribution is 2.22. The maximum absolute atomic E-state index is 12.1. The van der Waals surface area contributed by atoms with Crippen LogP contribution in [0.3, 0.4) is 0 Å². The molecule has 2 aliphatic rings. The van der Waals surface area contributed by atoms with Crippen LogP contribution in [-0.4, -0.2) is 64.5 Å². The summed E-state index contributed by atoms with van der Waals surface area (Å²) in [5.41, 5.74) is -0.747. The van der Waals surface area contributed by atoms with Gasteiger partial charge < -0.3 is 10.2 Å². The van der Waals surface area contributed by atoms with Gasteiger partial charge in [0.25, 0.3) is 5.91 Å². The van der Waals surface area contributed by atoms with E-state index in [-0.39, 0.29) is 11.9 Å². The van der Waals surface area contributed by atoms with Gasteiger partial charge in [-0.1, -0.05) is 13.3 Å². The van der Waals surface area contributed by atoms with Gasteiger partial charge in [0, 0.05) is 18.3 Å². The molecule has 0 aliphatic carbocycles. The number of carbonyl (C=O) groups excluding carboxylic acids is 2. The van der Waals surface area contributed by atoms with E-state index in [4.69, 9.17) is 0 Å². The average molecular weight is 327 g/mol. The molecule has 22 heavy (non-hydrogen) atoms. The van der Waals surface area contributed by atoms with Crippen LogP contribution in [0.1, 0.15) is 46.5 Å². The fraction of sp³-hybridized carbons (Fsp3) is 0.875. The predicted molar refractivity (Wildman–Crippen MR) is 91.2 cm³/mol. The summed E-state index contributed by atoms with van der Waals surface area (Å²) in [6, 6.07) is -0.245. The number of amides is 3. The summed E-state index contributed by atoms with van der Waals surface area (Å²) in [6.07, 6.45) is 4.75. The first-order chi connectivity index (χ1) is 10.4. The van der Waals surface area contributed by atoms with Gasteiger partial charge in [-0.15, -0.1) is 0 Å². The van der Waals surface area contributed by atoms with Gasteiger partial charge in [-0.2, -0.15) is 11.8 Å². The first kappa shape index (κ1) is 17.6. The van der Waals surface area contributed by atoms with E-state index in [1.165, 1.54) is 29.9 Å². The van der Waals surface area contributed by atoms with E-state index < -0.39 is 5.54 Å². The molecule has 0 aromatic rings. The van der Waals surface area contributed by atoms with E-state index in [2.05, 4.69) is 28.9 Å². The highest BCUT2D eigenvalue weighted by Gasteiger charge is 2.43. The summed E-state index contributed by atoms with van der Waals surface area (Å²) < 4.78 is 0. The molecule has 2 fully saturated rings. The Labute approximate surface area is 138 Å². The molecule has 1 N–H and O–H groups in total. The normalized spacial score (nSPS) is 26.1. The highest BCUT2D eigenvalue weighted by atomic mass is 32.2. The minimum Gasteiger partial charge on any atom is -0.324 e. The molecule has 6 heteroatoms. The maximum atomic E-state index is 12.1. The summed E-state index contributed by atoms with van der Waals surface area (Å²) in [5.74, 6) is 1.07. The Kier molecular flexibility index (Phi) is 6.15. The predicted octanol–water partition coefficient (Wildman–Crippen LogP) is 2.31. The number of urea groups is 1. The highest BCUT2D eigenvalue weighted by molar-refractivity contribution is 7.99. The van der Waals surface area contributed by atoms with E-state index >= 15 is 0 Å². The second kappa shape index (κ2) is 7.68. The molecular formula is C16H29N3O2S. The number of hydrogen-bond donors (Lipinski definition) is 1. The molecule has 2 aliphatic heterocycles. The summed E-state index contributed by atoms with van der Waals surface area (Å²) in [7, 11) is 0. The number of nitrogens with zero attached hydrogens (tertiary/aromatic N) is 2. The van der Waals surface area contributed by atoms with Crippen molar-refractivity contribution >= 4 is 23.7 Å². The summed E-state index contributed by atoms with van der Waals surface area (Å²) in [6.45, 7) is 9.52. The van der Waals surface area contributed by atoms with Crippen LogP contribution in [0.5, 0.6) is 0 Å². The third-order valence-corrected chi connectivity index (χ3v) is 5.60. The van der Waals surface area contributed by atoms with Crippen molar-refractivity contribution in [2.24, 2.45) is 0 Å². The van der Waals surface area contributed by atoms with Crippen molar-refractivity contribution in [2.75, 3.05) is 31.9 Å². The third kappa shape index (κ3) is 4.38. The minimum absolute atomic E-state index is 0.104. The quantitative estimate of drug-likeness (QED) is 0.761. The van der Waals surface area contributed by atoms with Crippen molar-refractivity contribution < 1.29 is 9.59 Å². The van der Waals surface area contributed by atoms with Crippen molar-refractivity contribution in [3.05, 3.63) is 0 Å². The van der Waals surface area contributed by atoms with E-state index in [1.54, 1.807) is 13.8 Å². The van der Waals surface area contributed by atoms with Crippen LogP contribution in [0.25, 0.3) is 0 Å². The zero-order valence-electron chi connectivity index (χ0n) is 14.1. The van der Waals surface area contributed by atoms with Crippen LogP contribution >= 0.6 is 11.8 Å². The summed E-state index contributed by atoms with van der Waals surface area (Å²) >= 11 is 2.06. The number of rotatable bonds is 6. The molecule has 2 saturated heterocycles. The average Bonchev–Trinajstić information content (AvgIpc) is 2.62. The lowest BCUT2D eigenvalue weighted by atomic mass is 10.1. The van der Waals surface area contributed by atoms with Gasteiger partial charge in [-0.05, 0) is 52.0 Å². The molecule has 1 atom stereocenters. The molecule has 0 radical (unpaired) electrons. The molecule has 3 amide bonds. The van der Waals surface area contributed by atoms with Gasteiger partial charge >= 0.3 is 6.03 Å². The van der Waals surface area contributed by atoms with Crippen LogP contribution in [0.4, 0.5) is 4.79 Å². The molecule has 5 nitrogen and oxygen atoms in total. The zero-order valence-corrected chi connectivity index (χ0v) is 14.9. The lowest BCUT2D eigenvalue weighted by Gasteiger charge is -2.24. The lowest BCUT2D eigenvalue weighted by molar-refractivity contribution is -0.130. The summed E-state index contributed by atoms with van der Waals surface area (Å²) in [5, 5.41) is 3.47. The van der Waals surface area contributed by atoms with Crippen LogP contribution < -0.4 is 5.32 Å². The Morgan fingerprint density at radius 1 is 1.27 bits per heavy atom. The summed E-state index contributed by atoms with van der Waals surface area (Å²) in [4.78, 5) is 27.9. The van der Waals surface area contributed by atoms with Crippen LogP contribution in [0.15, 0.2) is 0 Å². The van der Waals surface area contributed by atoms with Crippen molar-refractivity contribution in [1.82, 2.24) is 15.1 Å². The van der Waals surface area contributed by atoms with Crippen LogP contribution in [0.2, 0.25) is 0 Å². The fourth-order valence-electron chi connectivity index (χ4n) is 3.23. The molecule has 126 valence electrons. The van der Waals surface area contributed by atoms with Crippen molar-refractivity contribution in [2.45, 2.75) is 57.2 Å². The molecule has 0 bridgehead atoms. The molecule has 0 saturated carbocycles. The van der Waals surface area contributed by atoms with E-state index in [1.807, 2.05) is 0 Å². The van der Waals surface area contributed by atoms with Crippen LogP contribution in [0, 0.1) is 0 Å². The van der Waals surface area contributed by atoms with Gasteiger partial charge in [0.05, 0.1) is 0 Å². The van der Waals surface area contributed by atoms with E-state index in [0.717, 1.165) is 31.3 Å². The van der Waals surface area contributed by atoms with Gasteiger partial charge in [-0.25, -0.2) is 4.79 Å². The molecule has 0 aromatic heterocycles. The Morgan fingerprint density at radius 3 is 2.68 bits per heavy atom. The molecule has 0 spiro atoms. The Hall–Kier alpha value is -0.750. The lowest BCUT2D eigenvalue weighted by Crippen LogP contribution is -2.40. The second-order valence-corrected chi connectivity index (χ2v) is 8.32. The smallest absolute Gasteiger partial charge is 0.324 e. The first-order valence-electron chi connectivity index (χ1n) is 8.42. The number of imide groups is 1. The molecule has 1 unspecified atom stereocenters. The largest absolute Gasteiger partial charge is 0.325 e. The maximum Gasteiger partial charge on any atom is 0.325 e. The van der Waals surface area contributed by atoms with E-state index in [9.17, 15) is 9.59 Å². The monoisotopic (exact) mass is 327 g/mol. The molecular weight excluding hydrogens is 298 g/mol. The Morgan fingerprint density at radius 2 is 2.05 bits per heavy atom. The number of carbonyl (C=O) groups is 2. The first-order valence-corrected chi connectivity index (χ1v) is 9.47. The molecule has 2 rings (SSSR count).